The minimum absolute atomic E-state index is 0.250. The molecule has 0 radical (unpaired) electrons. The normalized spacial score (nSPS) is 11.9. The zero-order valence-corrected chi connectivity index (χ0v) is 12.1. The Kier molecular flexibility index (Phi) is 4.69. The van der Waals surface area contributed by atoms with E-state index < -0.39 is 30.3 Å². The highest BCUT2D eigenvalue weighted by atomic mass is 16.4. The van der Waals surface area contributed by atoms with Gasteiger partial charge in [-0.3, -0.25) is 9.59 Å². The average molecular weight is 322 g/mol. The lowest BCUT2D eigenvalue weighted by Gasteiger charge is -2.12. The molecule has 1 amide bonds. The minimum Gasteiger partial charge on any atom is -0.481 e. The Morgan fingerprint density at radius 1 is 1.26 bits per heavy atom. The lowest BCUT2D eigenvalue weighted by molar-refractivity contribution is -0.147. The molecule has 0 bridgehead atoms. The third-order valence-corrected chi connectivity index (χ3v) is 2.96. The largest absolute Gasteiger partial charge is 0.481 e. The number of aliphatic carboxylic acids is 2. The van der Waals surface area contributed by atoms with Gasteiger partial charge in [-0.2, -0.15) is 0 Å². The second kappa shape index (κ2) is 6.68. The Morgan fingerprint density at radius 2 is 2.00 bits per heavy atom. The molecule has 0 unspecified atom stereocenters. The number of hydrogen-bond acceptors (Lipinski definition) is 7. The summed E-state index contributed by atoms with van der Waals surface area (Å²) in [6.45, 7) is -0.250. The van der Waals surface area contributed by atoms with Gasteiger partial charge in [0.2, 0.25) is 5.91 Å². The fraction of sp³-hybridized carbons (Fsp3) is 0.333. The predicted molar refractivity (Wildman–Crippen MR) is 76.7 cm³/mol. The molecule has 0 aliphatic heterocycles. The van der Waals surface area contributed by atoms with Gasteiger partial charge in [0.1, 0.15) is 24.4 Å². The molecule has 11 heteroatoms. The van der Waals surface area contributed by atoms with Crippen LogP contribution < -0.4 is 10.6 Å². The Bertz CT molecular complexity index is 757. The molecule has 2 aromatic rings. The van der Waals surface area contributed by atoms with E-state index in [-0.39, 0.29) is 6.54 Å². The van der Waals surface area contributed by atoms with Crippen molar-refractivity contribution in [2.24, 2.45) is 0 Å². The average Bonchev–Trinajstić information content (AvgIpc) is 2.89. The van der Waals surface area contributed by atoms with E-state index in [1.54, 1.807) is 7.05 Å². The van der Waals surface area contributed by atoms with E-state index in [4.69, 9.17) is 10.2 Å². The molecular formula is C12H14N6O5. The van der Waals surface area contributed by atoms with Crippen molar-refractivity contribution in [2.75, 3.05) is 12.4 Å². The van der Waals surface area contributed by atoms with E-state index in [1.807, 2.05) is 0 Å². The summed E-state index contributed by atoms with van der Waals surface area (Å²) in [4.78, 5) is 45.6. The van der Waals surface area contributed by atoms with Crippen molar-refractivity contribution >= 4 is 34.8 Å². The zero-order chi connectivity index (χ0) is 17.0. The molecule has 0 aliphatic carbocycles. The number of fused-ring (bicyclic) bond motifs is 1. The zero-order valence-electron chi connectivity index (χ0n) is 12.1. The monoisotopic (exact) mass is 322 g/mol. The number of carbonyl (C=O) groups is 3. The van der Waals surface area contributed by atoms with E-state index in [9.17, 15) is 14.4 Å². The van der Waals surface area contributed by atoms with Crippen molar-refractivity contribution in [3.8, 4) is 0 Å². The topological polar surface area (TPSA) is 159 Å². The van der Waals surface area contributed by atoms with Crippen LogP contribution in [0.15, 0.2) is 12.7 Å². The summed E-state index contributed by atoms with van der Waals surface area (Å²) in [5.41, 5.74) is 0.854. The lowest BCUT2D eigenvalue weighted by Crippen LogP contribution is -2.43. The van der Waals surface area contributed by atoms with E-state index in [2.05, 4.69) is 25.6 Å². The number of anilines is 1. The van der Waals surface area contributed by atoms with Gasteiger partial charge in [-0.15, -0.1) is 0 Å². The Balaban J connectivity index is 2.14. The maximum atomic E-state index is 11.9. The number of rotatable bonds is 7. The maximum Gasteiger partial charge on any atom is 0.326 e. The number of hydrogen-bond donors (Lipinski definition) is 4. The van der Waals surface area contributed by atoms with Crippen LogP contribution in [0.1, 0.15) is 6.42 Å². The van der Waals surface area contributed by atoms with E-state index in [1.165, 1.54) is 17.2 Å². The quantitative estimate of drug-likeness (QED) is 0.496. The summed E-state index contributed by atoms with van der Waals surface area (Å²) in [6.07, 6.45) is 1.96. The smallest absolute Gasteiger partial charge is 0.326 e. The molecule has 0 aliphatic rings. The van der Waals surface area contributed by atoms with Gasteiger partial charge in [-0.05, 0) is 0 Å². The molecule has 0 fully saturated rings. The number of carboxylic acid groups (broad SMARTS) is 2. The standard InChI is InChI=1S/C12H14N6O5/c1-13-10-9-11(15-4-14-10)18(5-16-9)3-7(19)17-6(12(22)23)2-8(20)21/h4-6H,2-3H2,1H3,(H,17,19)(H,20,21)(H,22,23)(H,13,14,15)/t6-/m0/s1. The van der Waals surface area contributed by atoms with Crippen LogP contribution in [-0.2, 0) is 20.9 Å². The Morgan fingerprint density at radius 3 is 2.61 bits per heavy atom. The first-order valence-corrected chi connectivity index (χ1v) is 6.50. The van der Waals surface area contributed by atoms with Gasteiger partial charge in [0.15, 0.2) is 11.5 Å². The molecule has 0 saturated heterocycles. The summed E-state index contributed by atoms with van der Waals surface area (Å²) in [7, 11) is 1.66. The highest BCUT2D eigenvalue weighted by Gasteiger charge is 2.23. The predicted octanol–water partition coefficient (Wildman–Crippen LogP) is -1.09. The fourth-order valence-corrected chi connectivity index (χ4v) is 1.95. The van der Waals surface area contributed by atoms with Gasteiger partial charge in [0.25, 0.3) is 0 Å². The van der Waals surface area contributed by atoms with Crippen molar-refractivity contribution in [3.63, 3.8) is 0 Å². The van der Waals surface area contributed by atoms with Crippen LogP contribution >= 0.6 is 0 Å². The number of amides is 1. The third-order valence-electron chi connectivity index (χ3n) is 2.96. The van der Waals surface area contributed by atoms with Gasteiger partial charge in [-0.1, -0.05) is 0 Å². The van der Waals surface area contributed by atoms with Crippen LogP contribution in [0.5, 0.6) is 0 Å². The number of carbonyl (C=O) groups excluding carboxylic acids is 1. The fourth-order valence-electron chi connectivity index (χ4n) is 1.95. The molecule has 11 nitrogen and oxygen atoms in total. The highest BCUT2D eigenvalue weighted by molar-refractivity contribution is 5.88. The van der Waals surface area contributed by atoms with Gasteiger partial charge >= 0.3 is 11.9 Å². The molecule has 2 rings (SSSR count). The summed E-state index contributed by atoms with van der Waals surface area (Å²) in [6, 6.07) is -1.50. The molecule has 23 heavy (non-hydrogen) atoms. The van der Waals surface area contributed by atoms with Crippen molar-refractivity contribution in [1.29, 1.82) is 0 Å². The first-order chi connectivity index (χ1) is 10.9. The minimum atomic E-state index is -1.50. The van der Waals surface area contributed by atoms with Crippen molar-refractivity contribution < 1.29 is 24.6 Å². The van der Waals surface area contributed by atoms with Crippen LogP contribution in [0.4, 0.5) is 5.82 Å². The molecule has 0 aromatic carbocycles. The molecule has 1 atom stereocenters. The number of nitrogens with one attached hydrogen (secondary N) is 2. The SMILES string of the molecule is CNc1ncnc2c1ncn2CC(=O)N[C@@H](CC(=O)O)C(=O)O. The van der Waals surface area contributed by atoms with Crippen LogP contribution in [-0.4, -0.2) is 60.7 Å². The molecule has 2 aromatic heterocycles. The van der Waals surface area contributed by atoms with Crippen LogP contribution in [0.2, 0.25) is 0 Å². The third kappa shape index (κ3) is 3.70. The number of carboxylic acids is 2. The molecule has 0 spiro atoms. The summed E-state index contributed by atoms with van der Waals surface area (Å²) in [5, 5.41) is 22.5. The molecule has 2 heterocycles. The number of nitrogens with zero attached hydrogens (tertiary/aromatic N) is 4. The number of imidazole rings is 1. The molecule has 4 N–H and O–H groups in total. The second-order valence-corrected chi connectivity index (χ2v) is 4.57. The molecule has 122 valence electrons. The van der Waals surface area contributed by atoms with Crippen LogP contribution in [0, 0.1) is 0 Å². The Hall–Kier alpha value is -3.24. The van der Waals surface area contributed by atoms with Gasteiger partial charge in [-0.25, -0.2) is 19.7 Å². The summed E-state index contributed by atoms with van der Waals surface area (Å²) in [5.74, 6) is -2.92. The maximum absolute atomic E-state index is 11.9. The van der Waals surface area contributed by atoms with Gasteiger partial charge in [0, 0.05) is 7.05 Å². The summed E-state index contributed by atoms with van der Waals surface area (Å²) >= 11 is 0. The first kappa shape index (κ1) is 16.1. The highest BCUT2D eigenvalue weighted by Crippen LogP contribution is 2.16. The summed E-state index contributed by atoms with van der Waals surface area (Å²) < 4.78 is 1.41. The van der Waals surface area contributed by atoms with Crippen LogP contribution in [0.25, 0.3) is 11.2 Å². The van der Waals surface area contributed by atoms with Crippen LogP contribution in [0.3, 0.4) is 0 Å². The van der Waals surface area contributed by atoms with E-state index in [0.717, 1.165) is 0 Å². The molecule has 0 saturated carbocycles. The van der Waals surface area contributed by atoms with Crippen molar-refractivity contribution in [3.05, 3.63) is 12.7 Å². The van der Waals surface area contributed by atoms with Gasteiger partial charge < -0.3 is 25.4 Å². The second-order valence-electron chi connectivity index (χ2n) is 4.57. The van der Waals surface area contributed by atoms with E-state index >= 15 is 0 Å². The lowest BCUT2D eigenvalue weighted by atomic mass is 10.2. The van der Waals surface area contributed by atoms with Gasteiger partial charge in [0.05, 0.1) is 12.7 Å². The van der Waals surface area contributed by atoms with Crippen molar-refractivity contribution in [2.45, 2.75) is 19.0 Å². The molecular weight excluding hydrogens is 308 g/mol. The Labute approximate surface area is 129 Å². The van der Waals surface area contributed by atoms with E-state index in [0.29, 0.717) is 17.0 Å². The first-order valence-electron chi connectivity index (χ1n) is 6.50. The number of aromatic nitrogens is 4. The van der Waals surface area contributed by atoms with Crippen molar-refractivity contribution in [1.82, 2.24) is 24.8 Å².